The molecule has 1 fully saturated rings. The first-order valence-corrected chi connectivity index (χ1v) is 7.28. The van der Waals surface area contributed by atoms with Crippen LogP contribution in [0.3, 0.4) is 0 Å². The van der Waals surface area contributed by atoms with Crippen molar-refractivity contribution in [2.45, 2.75) is 20.4 Å². The molecule has 0 saturated carbocycles. The van der Waals surface area contributed by atoms with E-state index in [1.165, 1.54) is 22.2 Å². The van der Waals surface area contributed by atoms with Crippen LogP contribution in [0.5, 0.6) is 5.75 Å². The third kappa shape index (κ3) is 2.30. The molecule has 3 rings (SSSR count). The van der Waals surface area contributed by atoms with E-state index in [9.17, 15) is 0 Å². The second-order valence-corrected chi connectivity index (χ2v) is 5.59. The maximum Gasteiger partial charge on any atom is 0.142 e. The molecule has 2 aromatic rings. The molecule has 0 unspecified atom stereocenters. The van der Waals surface area contributed by atoms with Gasteiger partial charge in [0.1, 0.15) is 5.75 Å². The highest BCUT2D eigenvalue weighted by Crippen LogP contribution is 2.33. The third-order valence-electron chi connectivity index (χ3n) is 4.25. The van der Waals surface area contributed by atoms with Gasteiger partial charge in [0.15, 0.2) is 0 Å². The van der Waals surface area contributed by atoms with Crippen molar-refractivity contribution < 1.29 is 4.74 Å². The minimum Gasteiger partial charge on any atom is -0.495 e. The molecule has 1 aliphatic heterocycles. The molecule has 20 heavy (non-hydrogen) atoms. The van der Waals surface area contributed by atoms with Gasteiger partial charge in [-0.1, -0.05) is 6.07 Å². The summed E-state index contributed by atoms with van der Waals surface area (Å²) < 4.78 is 5.49. The van der Waals surface area contributed by atoms with Crippen molar-refractivity contribution >= 4 is 10.9 Å². The fourth-order valence-electron chi connectivity index (χ4n) is 3.11. The van der Waals surface area contributed by atoms with Crippen LogP contribution in [0.4, 0.5) is 0 Å². The van der Waals surface area contributed by atoms with Crippen LogP contribution in [-0.4, -0.2) is 43.2 Å². The van der Waals surface area contributed by atoms with Gasteiger partial charge in [0.25, 0.3) is 0 Å². The molecule has 1 aromatic heterocycles. The van der Waals surface area contributed by atoms with E-state index < -0.39 is 0 Å². The second kappa shape index (κ2) is 5.46. The van der Waals surface area contributed by atoms with Crippen LogP contribution in [0.2, 0.25) is 0 Å². The highest BCUT2D eigenvalue weighted by Gasteiger charge is 2.18. The van der Waals surface area contributed by atoms with Crippen molar-refractivity contribution in [2.24, 2.45) is 0 Å². The SMILES string of the molecule is COc1ccc(C)c2c(CN3CCNCC3)c(C)[nH]c12. The molecule has 1 aliphatic rings. The zero-order valence-electron chi connectivity index (χ0n) is 12.5. The zero-order chi connectivity index (χ0) is 14.1. The summed E-state index contributed by atoms with van der Waals surface area (Å²) in [6, 6.07) is 4.19. The lowest BCUT2D eigenvalue weighted by atomic mass is 10.0. The van der Waals surface area contributed by atoms with E-state index in [4.69, 9.17) is 4.74 Å². The molecule has 0 atom stereocenters. The van der Waals surface area contributed by atoms with Crippen molar-refractivity contribution in [2.75, 3.05) is 33.3 Å². The van der Waals surface area contributed by atoms with Crippen molar-refractivity contribution in [3.05, 3.63) is 29.0 Å². The number of aryl methyl sites for hydroxylation is 2. The zero-order valence-corrected chi connectivity index (χ0v) is 12.5. The summed E-state index contributed by atoms with van der Waals surface area (Å²) in [4.78, 5) is 6.03. The predicted molar refractivity (Wildman–Crippen MR) is 82.5 cm³/mol. The molecule has 4 nitrogen and oxygen atoms in total. The summed E-state index contributed by atoms with van der Waals surface area (Å²) in [5.74, 6) is 0.931. The first-order chi connectivity index (χ1) is 9.70. The fourth-order valence-corrected chi connectivity index (χ4v) is 3.11. The number of methoxy groups -OCH3 is 1. The fraction of sp³-hybridized carbons (Fsp3) is 0.500. The number of ether oxygens (including phenoxy) is 1. The van der Waals surface area contributed by atoms with E-state index in [0.717, 1.165) is 44.0 Å². The Labute approximate surface area is 120 Å². The smallest absolute Gasteiger partial charge is 0.142 e. The Morgan fingerprint density at radius 3 is 2.65 bits per heavy atom. The summed E-state index contributed by atoms with van der Waals surface area (Å²) in [5.41, 5.74) is 5.12. The first-order valence-electron chi connectivity index (χ1n) is 7.28. The number of nitrogens with one attached hydrogen (secondary N) is 2. The number of fused-ring (bicyclic) bond motifs is 1. The van der Waals surface area contributed by atoms with Gasteiger partial charge in [-0.15, -0.1) is 0 Å². The molecule has 1 saturated heterocycles. The number of benzene rings is 1. The topological polar surface area (TPSA) is 40.3 Å². The first kappa shape index (κ1) is 13.5. The van der Waals surface area contributed by atoms with Gasteiger partial charge >= 0.3 is 0 Å². The predicted octanol–water partition coefficient (Wildman–Crippen LogP) is 2.20. The Bertz CT molecular complexity index is 612. The van der Waals surface area contributed by atoms with Crippen molar-refractivity contribution in [1.82, 2.24) is 15.2 Å². The maximum absolute atomic E-state index is 5.49. The van der Waals surface area contributed by atoms with E-state index in [-0.39, 0.29) is 0 Å². The number of nitrogens with zero attached hydrogens (tertiary/aromatic N) is 1. The van der Waals surface area contributed by atoms with Gasteiger partial charge in [0.2, 0.25) is 0 Å². The van der Waals surface area contributed by atoms with Gasteiger partial charge in [-0.05, 0) is 31.0 Å². The summed E-state index contributed by atoms with van der Waals surface area (Å²) in [5, 5.41) is 4.74. The molecular weight excluding hydrogens is 250 g/mol. The van der Waals surface area contributed by atoms with Gasteiger partial charge in [0.05, 0.1) is 12.6 Å². The number of hydrogen-bond donors (Lipinski definition) is 2. The van der Waals surface area contributed by atoms with Crippen LogP contribution in [-0.2, 0) is 6.54 Å². The van der Waals surface area contributed by atoms with E-state index in [2.05, 4.69) is 35.1 Å². The lowest BCUT2D eigenvalue weighted by Gasteiger charge is -2.27. The van der Waals surface area contributed by atoms with E-state index in [1.807, 2.05) is 6.07 Å². The summed E-state index contributed by atoms with van der Waals surface area (Å²) in [6.45, 7) is 9.77. The van der Waals surface area contributed by atoms with E-state index in [1.54, 1.807) is 7.11 Å². The molecule has 0 radical (unpaired) electrons. The van der Waals surface area contributed by atoms with E-state index >= 15 is 0 Å². The molecule has 1 aromatic carbocycles. The molecule has 2 N–H and O–H groups in total. The van der Waals surface area contributed by atoms with Gasteiger partial charge in [0, 0.05) is 43.8 Å². The van der Waals surface area contributed by atoms with Crippen LogP contribution in [0.25, 0.3) is 10.9 Å². The largest absolute Gasteiger partial charge is 0.495 e. The highest BCUT2D eigenvalue weighted by molar-refractivity contribution is 5.92. The second-order valence-electron chi connectivity index (χ2n) is 5.59. The van der Waals surface area contributed by atoms with Crippen LogP contribution < -0.4 is 10.1 Å². The van der Waals surface area contributed by atoms with Crippen LogP contribution in [0, 0.1) is 13.8 Å². The number of hydrogen-bond acceptors (Lipinski definition) is 3. The highest BCUT2D eigenvalue weighted by atomic mass is 16.5. The van der Waals surface area contributed by atoms with Gasteiger partial charge in [-0.25, -0.2) is 0 Å². The molecule has 108 valence electrons. The minimum atomic E-state index is 0.931. The van der Waals surface area contributed by atoms with Crippen molar-refractivity contribution in [3.8, 4) is 5.75 Å². The molecule has 0 aliphatic carbocycles. The number of aromatic nitrogens is 1. The number of rotatable bonds is 3. The average Bonchev–Trinajstić information content (AvgIpc) is 2.78. The van der Waals surface area contributed by atoms with Crippen LogP contribution >= 0.6 is 0 Å². The maximum atomic E-state index is 5.49. The molecule has 0 spiro atoms. The number of aromatic amines is 1. The normalized spacial score (nSPS) is 16.8. The Balaban J connectivity index is 2.03. The Morgan fingerprint density at radius 2 is 1.95 bits per heavy atom. The minimum absolute atomic E-state index is 0.931. The average molecular weight is 273 g/mol. The lowest BCUT2D eigenvalue weighted by Crippen LogP contribution is -2.42. The van der Waals surface area contributed by atoms with Gasteiger partial charge in [-0.3, -0.25) is 4.90 Å². The third-order valence-corrected chi connectivity index (χ3v) is 4.25. The Kier molecular flexibility index (Phi) is 3.68. The Morgan fingerprint density at radius 1 is 1.20 bits per heavy atom. The lowest BCUT2D eigenvalue weighted by molar-refractivity contribution is 0.233. The quantitative estimate of drug-likeness (QED) is 0.900. The van der Waals surface area contributed by atoms with Gasteiger partial charge in [-0.2, -0.15) is 0 Å². The summed E-state index contributed by atoms with van der Waals surface area (Å²) in [6.07, 6.45) is 0. The van der Waals surface area contributed by atoms with Gasteiger partial charge < -0.3 is 15.0 Å². The monoisotopic (exact) mass is 273 g/mol. The molecule has 0 amide bonds. The summed E-state index contributed by atoms with van der Waals surface area (Å²) in [7, 11) is 1.73. The number of H-pyrrole nitrogens is 1. The number of piperazine rings is 1. The molecule has 4 heteroatoms. The van der Waals surface area contributed by atoms with Crippen LogP contribution in [0.1, 0.15) is 16.8 Å². The molecular formula is C16H23N3O. The van der Waals surface area contributed by atoms with E-state index in [0.29, 0.717) is 0 Å². The standard InChI is InChI=1S/C16H23N3O/c1-11-4-5-14(20-3)16-15(11)13(12(2)18-16)10-19-8-6-17-7-9-19/h4-5,17-18H,6-10H2,1-3H3. The van der Waals surface area contributed by atoms with Crippen molar-refractivity contribution in [3.63, 3.8) is 0 Å². The molecule has 2 heterocycles. The summed E-state index contributed by atoms with van der Waals surface area (Å²) >= 11 is 0. The van der Waals surface area contributed by atoms with Crippen molar-refractivity contribution in [1.29, 1.82) is 0 Å². The van der Waals surface area contributed by atoms with Crippen LogP contribution in [0.15, 0.2) is 12.1 Å². The molecule has 0 bridgehead atoms. The Hall–Kier alpha value is -1.52.